The molecule has 164 valence electrons. The second kappa shape index (κ2) is 8.86. The van der Waals surface area contributed by atoms with Crippen LogP contribution in [0.2, 0.25) is 0 Å². The summed E-state index contributed by atoms with van der Waals surface area (Å²) in [6.45, 7) is 5.19. The number of carbonyl (C=O) groups excluding carboxylic acids is 1. The molecule has 10 heteroatoms. The normalized spacial score (nSPS) is 11.7. The molecule has 0 fully saturated rings. The van der Waals surface area contributed by atoms with Crippen LogP contribution in [0.15, 0.2) is 47.4 Å². The van der Waals surface area contributed by atoms with Gasteiger partial charge in [0.25, 0.3) is 0 Å². The van der Waals surface area contributed by atoms with Gasteiger partial charge in [0.2, 0.25) is 15.8 Å². The van der Waals surface area contributed by atoms with E-state index in [1.165, 1.54) is 16.4 Å². The molecule has 0 radical (unpaired) electrons. The first-order chi connectivity index (χ1) is 14.7. The van der Waals surface area contributed by atoms with Gasteiger partial charge in [-0.05, 0) is 25.1 Å². The van der Waals surface area contributed by atoms with Crippen molar-refractivity contribution in [2.45, 2.75) is 25.7 Å². The van der Waals surface area contributed by atoms with Crippen molar-refractivity contribution in [3.63, 3.8) is 0 Å². The van der Waals surface area contributed by atoms with Gasteiger partial charge in [-0.15, -0.1) is 0 Å². The molecule has 0 aliphatic carbocycles. The summed E-state index contributed by atoms with van der Waals surface area (Å²) in [5.41, 5.74) is 1.42. The third kappa shape index (κ3) is 4.30. The number of ether oxygens (including phenoxy) is 1. The van der Waals surface area contributed by atoms with Gasteiger partial charge >= 0.3 is 5.69 Å². The Kier molecular flexibility index (Phi) is 6.42. The first-order valence-corrected chi connectivity index (χ1v) is 11.2. The number of aromatic nitrogens is 1. The van der Waals surface area contributed by atoms with Gasteiger partial charge in [-0.2, -0.15) is 4.31 Å². The Morgan fingerprint density at radius 1 is 1.16 bits per heavy atom. The molecule has 0 saturated heterocycles. The van der Waals surface area contributed by atoms with Crippen LogP contribution in [-0.4, -0.2) is 48.1 Å². The van der Waals surface area contributed by atoms with Gasteiger partial charge in [0.15, 0.2) is 12.4 Å². The van der Waals surface area contributed by atoms with Crippen LogP contribution in [-0.2, 0) is 10.0 Å². The molecule has 1 heterocycles. The number of nitro groups is 1. The molecular weight excluding hydrogens is 422 g/mol. The molecule has 0 amide bonds. The zero-order valence-electron chi connectivity index (χ0n) is 17.4. The lowest BCUT2D eigenvalue weighted by Gasteiger charge is -2.18. The first-order valence-electron chi connectivity index (χ1n) is 9.72. The van der Waals surface area contributed by atoms with Gasteiger partial charge in [-0.1, -0.05) is 32.0 Å². The van der Waals surface area contributed by atoms with Crippen molar-refractivity contribution in [1.29, 1.82) is 0 Å². The van der Waals surface area contributed by atoms with E-state index in [0.29, 0.717) is 11.3 Å². The highest BCUT2D eigenvalue weighted by Gasteiger charge is 2.27. The number of fused-ring (bicyclic) bond motifs is 1. The zero-order valence-corrected chi connectivity index (χ0v) is 18.2. The van der Waals surface area contributed by atoms with Gasteiger partial charge in [0.05, 0.1) is 9.82 Å². The summed E-state index contributed by atoms with van der Waals surface area (Å²) in [5, 5.41) is 12.3. The predicted octanol–water partition coefficient (Wildman–Crippen LogP) is 3.68. The van der Waals surface area contributed by atoms with Crippen molar-refractivity contribution in [2.75, 3.05) is 19.7 Å². The number of nitrogens with zero attached hydrogens (tertiary/aromatic N) is 2. The van der Waals surface area contributed by atoms with Crippen LogP contribution in [0.25, 0.3) is 10.9 Å². The van der Waals surface area contributed by atoms with Crippen LogP contribution in [0.3, 0.4) is 0 Å². The minimum absolute atomic E-state index is 0.172. The molecule has 9 nitrogen and oxygen atoms in total. The number of hydrogen-bond acceptors (Lipinski definition) is 6. The standard InChI is InChI=1S/C21H23N3O6S/c1-4-23(5-2)31(28,29)15-10-11-20(18(12-15)24(26)27)30-13-19(25)21-14(3)22-17-9-7-6-8-16(17)21/h6-12,22H,4-5,13H2,1-3H3. The molecule has 31 heavy (non-hydrogen) atoms. The topological polar surface area (TPSA) is 123 Å². The van der Waals surface area contributed by atoms with Crippen LogP contribution in [0.4, 0.5) is 5.69 Å². The maximum atomic E-state index is 12.8. The number of aromatic amines is 1. The highest BCUT2D eigenvalue weighted by Crippen LogP contribution is 2.31. The van der Waals surface area contributed by atoms with E-state index in [1.807, 2.05) is 18.2 Å². The van der Waals surface area contributed by atoms with Gasteiger partial charge in [0.1, 0.15) is 0 Å². The fourth-order valence-electron chi connectivity index (χ4n) is 3.49. The van der Waals surface area contributed by atoms with E-state index in [2.05, 4.69) is 4.98 Å². The third-order valence-corrected chi connectivity index (χ3v) is 7.05. The van der Waals surface area contributed by atoms with E-state index in [0.717, 1.165) is 17.0 Å². The summed E-state index contributed by atoms with van der Waals surface area (Å²) in [6.07, 6.45) is 0. The van der Waals surface area contributed by atoms with Gasteiger partial charge < -0.3 is 9.72 Å². The van der Waals surface area contributed by atoms with Crippen LogP contribution in [0.5, 0.6) is 5.75 Å². The number of H-pyrrole nitrogens is 1. The maximum Gasteiger partial charge on any atom is 0.312 e. The number of Topliss-reactive ketones (excluding diaryl/α,β-unsaturated/α-hetero) is 1. The number of para-hydroxylation sites is 1. The van der Waals surface area contributed by atoms with Crippen molar-refractivity contribution in [1.82, 2.24) is 9.29 Å². The maximum absolute atomic E-state index is 12.8. The predicted molar refractivity (Wildman–Crippen MR) is 116 cm³/mol. The fourth-order valence-corrected chi connectivity index (χ4v) is 4.96. The smallest absolute Gasteiger partial charge is 0.312 e. The number of sulfonamides is 1. The molecule has 1 aromatic heterocycles. The summed E-state index contributed by atoms with van der Waals surface area (Å²) in [6, 6.07) is 10.7. The molecule has 0 aliphatic heterocycles. The van der Waals surface area contributed by atoms with Gasteiger partial charge in [-0.25, -0.2) is 8.42 Å². The van der Waals surface area contributed by atoms with Crippen molar-refractivity contribution in [3.8, 4) is 5.75 Å². The van der Waals surface area contributed by atoms with E-state index in [1.54, 1.807) is 26.8 Å². The Morgan fingerprint density at radius 3 is 2.48 bits per heavy atom. The van der Waals surface area contributed by atoms with Crippen molar-refractivity contribution in [3.05, 3.63) is 63.8 Å². The summed E-state index contributed by atoms with van der Waals surface area (Å²) >= 11 is 0. The minimum atomic E-state index is -3.87. The van der Waals surface area contributed by atoms with Gasteiger partial charge in [-0.3, -0.25) is 14.9 Å². The summed E-state index contributed by atoms with van der Waals surface area (Å²) in [7, 11) is -3.87. The van der Waals surface area contributed by atoms with Gasteiger partial charge in [0, 0.05) is 41.3 Å². The quantitative estimate of drug-likeness (QED) is 0.304. The lowest BCUT2D eigenvalue weighted by molar-refractivity contribution is -0.386. The lowest BCUT2D eigenvalue weighted by Crippen LogP contribution is -2.30. The Hall–Kier alpha value is -3.24. The number of carbonyl (C=O) groups is 1. The number of nitrogens with one attached hydrogen (secondary N) is 1. The summed E-state index contributed by atoms with van der Waals surface area (Å²) < 4.78 is 32.0. The fraction of sp³-hybridized carbons (Fsp3) is 0.286. The van der Waals surface area contributed by atoms with Crippen LogP contribution in [0, 0.1) is 17.0 Å². The second-order valence-corrected chi connectivity index (χ2v) is 8.80. The molecule has 0 aliphatic rings. The number of hydrogen-bond donors (Lipinski definition) is 1. The Balaban J connectivity index is 1.89. The molecule has 0 atom stereocenters. The Bertz CT molecular complexity index is 1250. The van der Waals surface area contributed by atoms with E-state index < -0.39 is 27.2 Å². The average Bonchev–Trinajstić information content (AvgIpc) is 3.08. The molecule has 0 saturated carbocycles. The number of aryl methyl sites for hydroxylation is 1. The first kappa shape index (κ1) is 22.4. The van der Waals surface area contributed by atoms with Crippen molar-refractivity contribution in [2.24, 2.45) is 0 Å². The number of rotatable bonds is 9. The monoisotopic (exact) mass is 445 g/mol. The average molecular weight is 445 g/mol. The third-order valence-electron chi connectivity index (χ3n) is 5.00. The Labute approximate surface area is 179 Å². The summed E-state index contributed by atoms with van der Waals surface area (Å²) in [5.74, 6) is -0.515. The molecule has 0 unspecified atom stereocenters. The minimum Gasteiger partial charge on any atom is -0.478 e. The van der Waals surface area contributed by atoms with Crippen LogP contribution >= 0.6 is 0 Å². The second-order valence-electron chi connectivity index (χ2n) is 6.86. The highest BCUT2D eigenvalue weighted by atomic mass is 32.2. The molecule has 3 rings (SSSR count). The largest absolute Gasteiger partial charge is 0.478 e. The number of ketones is 1. The van der Waals surface area contributed by atoms with Crippen LogP contribution < -0.4 is 4.74 Å². The molecule has 1 N–H and O–H groups in total. The highest BCUT2D eigenvalue weighted by molar-refractivity contribution is 7.89. The van der Waals surface area contributed by atoms with Crippen molar-refractivity contribution >= 4 is 32.4 Å². The number of benzene rings is 2. The molecule has 0 spiro atoms. The zero-order chi connectivity index (χ0) is 22.8. The molecule has 3 aromatic rings. The van der Waals surface area contributed by atoms with E-state index in [-0.39, 0.29) is 29.5 Å². The number of nitro benzene ring substituents is 1. The molecule has 0 bridgehead atoms. The van der Waals surface area contributed by atoms with E-state index in [9.17, 15) is 23.3 Å². The Morgan fingerprint density at radius 2 is 1.84 bits per heavy atom. The summed E-state index contributed by atoms with van der Waals surface area (Å²) in [4.78, 5) is 26.5. The SMILES string of the molecule is CCN(CC)S(=O)(=O)c1ccc(OCC(=O)c2c(C)[nH]c3ccccc23)c([N+](=O)[O-])c1. The van der Waals surface area contributed by atoms with E-state index in [4.69, 9.17) is 4.74 Å². The lowest BCUT2D eigenvalue weighted by atomic mass is 10.1. The molecule has 2 aromatic carbocycles. The molecular formula is C21H23N3O6S. The van der Waals surface area contributed by atoms with Crippen molar-refractivity contribution < 1.29 is 22.9 Å². The van der Waals surface area contributed by atoms with E-state index >= 15 is 0 Å². The van der Waals surface area contributed by atoms with Crippen LogP contribution in [0.1, 0.15) is 29.9 Å².